The summed E-state index contributed by atoms with van der Waals surface area (Å²) in [5.41, 5.74) is 3.07. The third-order valence-electron chi connectivity index (χ3n) is 1.63. The van der Waals surface area contributed by atoms with Crippen molar-refractivity contribution >= 4 is 18.0 Å². The molecule has 2 rings (SSSR count). The van der Waals surface area contributed by atoms with Crippen LogP contribution in [-0.4, -0.2) is 23.8 Å². The van der Waals surface area contributed by atoms with Crippen molar-refractivity contribution in [3.05, 3.63) is 0 Å². The average Bonchev–Trinajstić information content (AvgIpc) is 2.15. The average molecular weight is 128 g/mol. The highest BCUT2D eigenvalue weighted by Gasteiger charge is 2.28. The molecule has 0 aliphatic carbocycles. The number of fused-ring (bicyclic) bond motifs is 1. The van der Waals surface area contributed by atoms with Gasteiger partial charge in [-0.2, -0.15) is 16.9 Å². The van der Waals surface area contributed by atoms with Gasteiger partial charge in [0, 0.05) is 23.6 Å². The fourth-order valence-electron chi connectivity index (χ4n) is 1.09. The standard InChI is InChI=1S/C5H8N2S/c1-4-2-8-3-5(4)7-6-1/h1,4-5,7H,2-3H2. The second-order valence-corrected chi connectivity index (χ2v) is 3.29. The number of hydrogen-bond acceptors (Lipinski definition) is 3. The molecular weight excluding hydrogens is 120 g/mol. The van der Waals surface area contributed by atoms with E-state index in [4.69, 9.17) is 0 Å². The molecule has 0 aromatic carbocycles. The number of thioether (sulfide) groups is 1. The Morgan fingerprint density at radius 1 is 1.62 bits per heavy atom. The smallest absolute Gasteiger partial charge is 0.0616 e. The van der Waals surface area contributed by atoms with Gasteiger partial charge in [-0.25, -0.2) is 0 Å². The van der Waals surface area contributed by atoms with Gasteiger partial charge in [-0.1, -0.05) is 0 Å². The van der Waals surface area contributed by atoms with Crippen molar-refractivity contribution in [3.63, 3.8) is 0 Å². The Kier molecular flexibility index (Phi) is 0.966. The first kappa shape index (κ1) is 4.68. The van der Waals surface area contributed by atoms with Gasteiger partial charge in [0.1, 0.15) is 0 Å². The molecule has 3 heteroatoms. The SMILES string of the molecule is C1=NNC2CSCC12. The van der Waals surface area contributed by atoms with E-state index in [2.05, 4.69) is 10.5 Å². The molecule has 2 atom stereocenters. The number of hydrazone groups is 1. The second-order valence-electron chi connectivity index (χ2n) is 2.22. The molecule has 1 N–H and O–H groups in total. The van der Waals surface area contributed by atoms with Crippen LogP contribution in [0.5, 0.6) is 0 Å². The zero-order chi connectivity index (χ0) is 5.40. The van der Waals surface area contributed by atoms with Crippen LogP contribution in [0.1, 0.15) is 0 Å². The molecule has 2 aliphatic heterocycles. The second kappa shape index (κ2) is 1.65. The van der Waals surface area contributed by atoms with Gasteiger partial charge in [-0.15, -0.1) is 0 Å². The molecule has 2 nitrogen and oxygen atoms in total. The van der Waals surface area contributed by atoms with E-state index in [1.807, 2.05) is 18.0 Å². The van der Waals surface area contributed by atoms with E-state index in [9.17, 15) is 0 Å². The summed E-state index contributed by atoms with van der Waals surface area (Å²) in [6.45, 7) is 0. The summed E-state index contributed by atoms with van der Waals surface area (Å²) in [5, 5.41) is 3.98. The summed E-state index contributed by atoms with van der Waals surface area (Å²) in [5.74, 6) is 3.24. The van der Waals surface area contributed by atoms with Gasteiger partial charge in [0.25, 0.3) is 0 Å². The summed E-state index contributed by atoms with van der Waals surface area (Å²) in [7, 11) is 0. The summed E-state index contributed by atoms with van der Waals surface area (Å²) in [6.07, 6.45) is 2.03. The van der Waals surface area contributed by atoms with Crippen LogP contribution in [0.15, 0.2) is 5.10 Å². The van der Waals surface area contributed by atoms with Crippen LogP contribution < -0.4 is 5.43 Å². The van der Waals surface area contributed by atoms with Crippen LogP contribution in [0.2, 0.25) is 0 Å². The maximum atomic E-state index is 3.98. The van der Waals surface area contributed by atoms with E-state index in [-0.39, 0.29) is 0 Å². The number of rotatable bonds is 0. The lowest BCUT2D eigenvalue weighted by atomic mass is 10.1. The molecule has 44 valence electrons. The lowest BCUT2D eigenvalue weighted by Gasteiger charge is -2.02. The molecule has 8 heavy (non-hydrogen) atoms. The maximum absolute atomic E-state index is 3.98. The molecule has 0 saturated carbocycles. The van der Waals surface area contributed by atoms with Gasteiger partial charge in [0.2, 0.25) is 0 Å². The third-order valence-corrected chi connectivity index (χ3v) is 2.85. The fourth-order valence-corrected chi connectivity index (χ4v) is 2.39. The van der Waals surface area contributed by atoms with Gasteiger partial charge in [0.05, 0.1) is 6.04 Å². The maximum Gasteiger partial charge on any atom is 0.0616 e. The Hall–Kier alpha value is -0.180. The lowest BCUT2D eigenvalue weighted by molar-refractivity contribution is 0.575. The summed E-state index contributed by atoms with van der Waals surface area (Å²) in [6, 6.07) is 0.667. The zero-order valence-corrected chi connectivity index (χ0v) is 5.32. The van der Waals surface area contributed by atoms with Crippen LogP contribution in [0, 0.1) is 5.92 Å². The first-order valence-electron chi connectivity index (χ1n) is 2.83. The number of hydrogen-bond donors (Lipinski definition) is 1. The quantitative estimate of drug-likeness (QED) is 0.507. The van der Waals surface area contributed by atoms with Crippen molar-refractivity contribution in [1.29, 1.82) is 0 Å². The van der Waals surface area contributed by atoms with Crippen LogP contribution in [0.25, 0.3) is 0 Å². The van der Waals surface area contributed by atoms with E-state index < -0.39 is 0 Å². The van der Waals surface area contributed by atoms with E-state index >= 15 is 0 Å². The van der Waals surface area contributed by atoms with Crippen LogP contribution in [-0.2, 0) is 0 Å². The fraction of sp³-hybridized carbons (Fsp3) is 0.800. The van der Waals surface area contributed by atoms with Crippen molar-refractivity contribution in [3.8, 4) is 0 Å². The molecule has 0 amide bonds. The van der Waals surface area contributed by atoms with Gasteiger partial charge in [-0.3, -0.25) is 0 Å². The van der Waals surface area contributed by atoms with Crippen LogP contribution in [0.4, 0.5) is 0 Å². The number of nitrogens with zero attached hydrogens (tertiary/aromatic N) is 1. The van der Waals surface area contributed by atoms with Gasteiger partial charge < -0.3 is 5.43 Å². The van der Waals surface area contributed by atoms with Gasteiger partial charge in [-0.05, 0) is 0 Å². The molecule has 1 saturated heterocycles. The molecule has 0 spiro atoms. The Labute approximate surface area is 52.7 Å². The van der Waals surface area contributed by atoms with Gasteiger partial charge in [0.15, 0.2) is 0 Å². The summed E-state index contributed by atoms with van der Waals surface area (Å²) in [4.78, 5) is 0. The van der Waals surface area contributed by atoms with Crippen molar-refractivity contribution in [1.82, 2.24) is 5.43 Å². The number of nitrogens with one attached hydrogen (secondary N) is 1. The van der Waals surface area contributed by atoms with Crippen molar-refractivity contribution in [2.75, 3.05) is 11.5 Å². The van der Waals surface area contributed by atoms with E-state index in [0.29, 0.717) is 6.04 Å². The minimum Gasteiger partial charge on any atom is -0.306 e. The van der Waals surface area contributed by atoms with Crippen LogP contribution >= 0.6 is 11.8 Å². The first-order chi connectivity index (χ1) is 3.97. The van der Waals surface area contributed by atoms with Crippen molar-refractivity contribution < 1.29 is 0 Å². The minimum atomic E-state index is 0.667. The van der Waals surface area contributed by atoms with E-state index in [1.54, 1.807) is 0 Å². The molecule has 2 unspecified atom stereocenters. The molecule has 0 aromatic rings. The highest BCUT2D eigenvalue weighted by Crippen LogP contribution is 2.24. The van der Waals surface area contributed by atoms with Crippen LogP contribution in [0.3, 0.4) is 0 Å². The Bertz CT molecular complexity index is 124. The molecular formula is C5H8N2S. The highest BCUT2D eigenvalue weighted by molar-refractivity contribution is 7.99. The van der Waals surface area contributed by atoms with Crippen molar-refractivity contribution in [2.24, 2.45) is 11.0 Å². The molecule has 0 bridgehead atoms. The topological polar surface area (TPSA) is 24.4 Å². The minimum absolute atomic E-state index is 0.667. The van der Waals surface area contributed by atoms with E-state index in [0.717, 1.165) is 5.92 Å². The largest absolute Gasteiger partial charge is 0.306 e. The lowest BCUT2D eigenvalue weighted by Crippen LogP contribution is -2.25. The predicted molar refractivity (Wildman–Crippen MR) is 36.2 cm³/mol. The third kappa shape index (κ3) is 0.540. The normalized spacial score (nSPS) is 42.0. The molecule has 1 fully saturated rings. The molecule has 2 heterocycles. The highest BCUT2D eigenvalue weighted by atomic mass is 32.2. The Balaban J connectivity index is 2.13. The Morgan fingerprint density at radius 2 is 2.62 bits per heavy atom. The predicted octanol–water partition coefficient (Wildman–Crippen LogP) is 0.307. The Morgan fingerprint density at radius 3 is 3.50 bits per heavy atom. The summed E-state index contributed by atoms with van der Waals surface area (Å²) >= 11 is 2.01. The molecule has 0 aromatic heterocycles. The van der Waals surface area contributed by atoms with Crippen molar-refractivity contribution in [2.45, 2.75) is 6.04 Å². The van der Waals surface area contributed by atoms with E-state index in [1.165, 1.54) is 11.5 Å². The molecule has 0 radical (unpaired) electrons. The molecule has 2 aliphatic rings. The zero-order valence-electron chi connectivity index (χ0n) is 4.50. The first-order valence-corrected chi connectivity index (χ1v) is 3.99. The monoisotopic (exact) mass is 128 g/mol. The summed E-state index contributed by atoms with van der Waals surface area (Å²) < 4.78 is 0. The van der Waals surface area contributed by atoms with Gasteiger partial charge >= 0.3 is 0 Å².